The first-order valence-electron chi connectivity index (χ1n) is 13.8. The zero-order chi connectivity index (χ0) is 27.6. The number of fused-ring (bicyclic) bond motifs is 1. The first-order valence-corrected chi connectivity index (χ1v) is 14.2. The third-order valence-corrected chi connectivity index (χ3v) is 8.94. The standard InChI is InChI=1S/C30H36ClN3O5/c1-2-29-15-16-30(39-29)24(23(29)26(36)32-19-20-9-5-3-6-10-20)28(38)34(17-7-4-8-18-35)25(30)27(37)33-22-13-11-21(31)12-14-22/h3,5-6,9-14,23-25,35H,2,4,7-8,15-19H2,1H3,(H,32,36)(H,33,37)/t23-,24-,25?,29+,30?/m0/s1. The number of benzene rings is 2. The van der Waals surface area contributed by atoms with Gasteiger partial charge in [-0.25, -0.2) is 0 Å². The lowest BCUT2D eigenvalue weighted by Crippen LogP contribution is -2.53. The maximum atomic E-state index is 14.1. The molecule has 1 spiro atoms. The van der Waals surface area contributed by atoms with E-state index in [1.54, 1.807) is 29.2 Å². The Bertz CT molecular complexity index is 1210. The summed E-state index contributed by atoms with van der Waals surface area (Å²) >= 11 is 6.02. The molecular formula is C30H36ClN3O5. The highest BCUT2D eigenvalue weighted by Crippen LogP contribution is 2.64. The van der Waals surface area contributed by atoms with Crippen molar-refractivity contribution in [3.05, 3.63) is 65.2 Å². The number of carbonyl (C=O) groups is 3. The van der Waals surface area contributed by atoms with Crippen LogP contribution in [0.15, 0.2) is 54.6 Å². The van der Waals surface area contributed by atoms with Gasteiger partial charge in [-0.3, -0.25) is 14.4 Å². The molecule has 0 aliphatic carbocycles. The maximum Gasteiger partial charge on any atom is 0.250 e. The molecular weight excluding hydrogens is 518 g/mol. The molecule has 0 aromatic heterocycles. The molecule has 3 heterocycles. The molecule has 3 aliphatic rings. The average molecular weight is 554 g/mol. The summed E-state index contributed by atoms with van der Waals surface area (Å²) in [5.41, 5.74) is -0.316. The Morgan fingerprint density at radius 1 is 1.05 bits per heavy atom. The van der Waals surface area contributed by atoms with Gasteiger partial charge < -0.3 is 25.4 Å². The largest absolute Gasteiger partial charge is 0.396 e. The van der Waals surface area contributed by atoms with Gasteiger partial charge in [-0.05, 0) is 68.4 Å². The second kappa shape index (κ2) is 11.3. The number of nitrogens with one attached hydrogen (secondary N) is 2. The molecule has 3 N–H and O–H groups in total. The molecule has 3 amide bonds. The quantitative estimate of drug-likeness (QED) is 0.366. The number of halogens is 1. The van der Waals surface area contributed by atoms with Crippen LogP contribution in [0.25, 0.3) is 0 Å². The van der Waals surface area contributed by atoms with Crippen molar-refractivity contribution in [2.75, 3.05) is 18.5 Å². The number of unbranched alkanes of at least 4 members (excludes halogenated alkanes) is 2. The van der Waals surface area contributed by atoms with Crippen LogP contribution in [0.1, 0.15) is 51.0 Å². The van der Waals surface area contributed by atoms with E-state index >= 15 is 0 Å². The summed E-state index contributed by atoms with van der Waals surface area (Å²) in [6.45, 7) is 2.77. The number of anilines is 1. The van der Waals surface area contributed by atoms with Crippen LogP contribution in [-0.4, -0.2) is 58.1 Å². The molecule has 9 heteroatoms. The van der Waals surface area contributed by atoms with Gasteiger partial charge >= 0.3 is 0 Å². The van der Waals surface area contributed by atoms with Gasteiger partial charge in [0.15, 0.2) is 0 Å². The van der Waals surface area contributed by atoms with E-state index in [-0.39, 0.29) is 24.3 Å². The summed E-state index contributed by atoms with van der Waals surface area (Å²) in [6.07, 6.45) is 3.71. The highest BCUT2D eigenvalue weighted by Gasteiger charge is 2.78. The SMILES string of the molecule is CC[C@]12CCC3(O1)C(C(=O)Nc1ccc(Cl)cc1)N(CCCCCO)C(=O)[C@@H]3[C@H]2C(=O)NCc1ccccc1. The van der Waals surface area contributed by atoms with E-state index in [2.05, 4.69) is 10.6 Å². The van der Waals surface area contributed by atoms with Crippen LogP contribution < -0.4 is 10.6 Å². The fourth-order valence-electron chi connectivity index (χ4n) is 6.87. The fraction of sp³-hybridized carbons (Fsp3) is 0.500. The van der Waals surface area contributed by atoms with Crippen molar-refractivity contribution in [2.24, 2.45) is 11.8 Å². The summed E-state index contributed by atoms with van der Waals surface area (Å²) in [7, 11) is 0. The Kier molecular flexibility index (Phi) is 7.99. The molecule has 2 aromatic rings. The zero-order valence-corrected chi connectivity index (χ0v) is 23.0. The highest BCUT2D eigenvalue weighted by molar-refractivity contribution is 6.30. The van der Waals surface area contributed by atoms with Gasteiger partial charge in [0.1, 0.15) is 11.6 Å². The van der Waals surface area contributed by atoms with Crippen molar-refractivity contribution in [3.8, 4) is 0 Å². The minimum Gasteiger partial charge on any atom is -0.396 e. The lowest BCUT2D eigenvalue weighted by Gasteiger charge is -2.34. The summed E-state index contributed by atoms with van der Waals surface area (Å²) in [6, 6.07) is 15.6. The Hall–Kier alpha value is -2.94. The van der Waals surface area contributed by atoms with Crippen LogP contribution >= 0.6 is 11.6 Å². The molecule has 3 aliphatic heterocycles. The number of hydrogen-bond acceptors (Lipinski definition) is 5. The zero-order valence-electron chi connectivity index (χ0n) is 22.2. The van der Waals surface area contributed by atoms with E-state index in [0.29, 0.717) is 55.9 Å². The Labute approximate surface area is 234 Å². The van der Waals surface area contributed by atoms with Crippen molar-refractivity contribution >= 4 is 35.0 Å². The van der Waals surface area contributed by atoms with Crippen LogP contribution in [-0.2, 0) is 25.7 Å². The van der Waals surface area contributed by atoms with Crippen molar-refractivity contribution < 1.29 is 24.2 Å². The topological polar surface area (TPSA) is 108 Å². The Balaban J connectivity index is 1.45. The summed E-state index contributed by atoms with van der Waals surface area (Å²) < 4.78 is 6.78. The van der Waals surface area contributed by atoms with Gasteiger partial charge in [0.2, 0.25) is 17.7 Å². The number of amides is 3. The fourth-order valence-corrected chi connectivity index (χ4v) is 6.99. The molecule has 3 saturated heterocycles. The molecule has 2 unspecified atom stereocenters. The molecule has 2 bridgehead atoms. The van der Waals surface area contributed by atoms with Crippen LogP contribution in [0.3, 0.4) is 0 Å². The maximum absolute atomic E-state index is 14.1. The number of aliphatic hydroxyl groups excluding tert-OH is 1. The Morgan fingerprint density at radius 2 is 1.79 bits per heavy atom. The number of aliphatic hydroxyl groups is 1. The van der Waals surface area contributed by atoms with E-state index in [4.69, 9.17) is 16.3 Å². The summed E-state index contributed by atoms with van der Waals surface area (Å²) in [5, 5.41) is 15.8. The van der Waals surface area contributed by atoms with Crippen LogP contribution in [0.5, 0.6) is 0 Å². The number of likely N-dealkylation sites (tertiary alicyclic amines) is 1. The molecule has 2 aromatic carbocycles. The molecule has 5 rings (SSSR count). The number of hydrogen-bond donors (Lipinski definition) is 3. The predicted octanol–water partition coefficient (Wildman–Crippen LogP) is 3.91. The van der Waals surface area contributed by atoms with Gasteiger partial charge in [-0.15, -0.1) is 0 Å². The summed E-state index contributed by atoms with van der Waals surface area (Å²) in [5.74, 6) is -2.15. The highest BCUT2D eigenvalue weighted by atomic mass is 35.5. The molecule has 8 nitrogen and oxygen atoms in total. The first kappa shape index (κ1) is 27.6. The number of ether oxygens (including phenoxy) is 1. The van der Waals surface area contributed by atoms with Crippen LogP contribution in [0.4, 0.5) is 5.69 Å². The van der Waals surface area contributed by atoms with E-state index in [1.165, 1.54) is 0 Å². The van der Waals surface area contributed by atoms with E-state index in [9.17, 15) is 19.5 Å². The third kappa shape index (κ3) is 4.94. The normalized spacial score (nSPS) is 28.9. The van der Waals surface area contributed by atoms with E-state index < -0.39 is 29.1 Å². The smallest absolute Gasteiger partial charge is 0.250 e. The average Bonchev–Trinajstić information content (AvgIpc) is 3.55. The van der Waals surface area contributed by atoms with Crippen molar-refractivity contribution in [1.82, 2.24) is 10.2 Å². The van der Waals surface area contributed by atoms with E-state index in [1.807, 2.05) is 37.3 Å². The molecule has 39 heavy (non-hydrogen) atoms. The lowest BCUT2D eigenvalue weighted by atomic mass is 9.65. The van der Waals surface area contributed by atoms with Crippen molar-refractivity contribution in [1.29, 1.82) is 0 Å². The first-order chi connectivity index (χ1) is 18.8. The van der Waals surface area contributed by atoms with Gasteiger partial charge in [-0.1, -0.05) is 48.9 Å². The van der Waals surface area contributed by atoms with Gasteiger partial charge in [0.05, 0.1) is 17.4 Å². The molecule has 3 fully saturated rings. The minimum atomic E-state index is -1.07. The molecule has 208 valence electrons. The third-order valence-electron chi connectivity index (χ3n) is 8.69. The van der Waals surface area contributed by atoms with Gasteiger partial charge in [-0.2, -0.15) is 0 Å². The summed E-state index contributed by atoms with van der Waals surface area (Å²) in [4.78, 5) is 43.4. The van der Waals surface area contributed by atoms with Crippen LogP contribution in [0, 0.1) is 11.8 Å². The number of carbonyl (C=O) groups excluding carboxylic acids is 3. The second-order valence-corrected chi connectivity index (χ2v) is 11.3. The molecule has 5 atom stereocenters. The van der Waals surface area contributed by atoms with E-state index in [0.717, 1.165) is 12.0 Å². The lowest BCUT2D eigenvalue weighted by molar-refractivity contribution is -0.146. The second-order valence-electron chi connectivity index (χ2n) is 10.8. The predicted molar refractivity (Wildman–Crippen MR) is 148 cm³/mol. The van der Waals surface area contributed by atoms with Crippen molar-refractivity contribution in [2.45, 2.75) is 69.2 Å². The molecule has 0 saturated carbocycles. The van der Waals surface area contributed by atoms with Gasteiger partial charge in [0.25, 0.3) is 0 Å². The number of nitrogens with zero attached hydrogens (tertiary/aromatic N) is 1. The Morgan fingerprint density at radius 3 is 2.49 bits per heavy atom. The molecule has 0 radical (unpaired) electrons. The number of rotatable bonds is 11. The van der Waals surface area contributed by atoms with Crippen molar-refractivity contribution in [3.63, 3.8) is 0 Å². The monoisotopic (exact) mass is 553 g/mol. The minimum absolute atomic E-state index is 0.0762. The van der Waals surface area contributed by atoms with Crippen LogP contribution in [0.2, 0.25) is 5.02 Å². The van der Waals surface area contributed by atoms with Gasteiger partial charge in [0, 0.05) is 30.4 Å².